The minimum Gasteiger partial charge on any atom is -0.379 e. The van der Waals surface area contributed by atoms with Gasteiger partial charge in [-0.3, -0.25) is 4.68 Å². The molecule has 19 heavy (non-hydrogen) atoms. The number of halogens is 2. The summed E-state index contributed by atoms with van der Waals surface area (Å²) in [5.74, 6) is 0. The molecular formula is C14H16BrClN2O. The fourth-order valence-electron chi connectivity index (χ4n) is 2.16. The number of hydrogen-bond donors (Lipinski definition) is 1. The summed E-state index contributed by atoms with van der Waals surface area (Å²) >= 11 is 9.61. The number of aromatic nitrogens is 2. The Morgan fingerprint density at radius 3 is 2.79 bits per heavy atom. The summed E-state index contributed by atoms with van der Waals surface area (Å²) in [5, 5.41) is 15.6. The molecule has 2 aromatic rings. The third-order valence-electron chi connectivity index (χ3n) is 3.11. The van der Waals surface area contributed by atoms with E-state index in [0.29, 0.717) is 10.6 Å². The first-order valence-corrected chi connectivity index (χ1v) is 7.34. The summed E-state index contributed by atoms with van der Waals surface area (Å²) < 4.78 is 2.71. The Bertz CT molecular complexity index is 581. The molecule has 0 bridgehead atoms. The molecular weight excluding hydrogens is 328 g/mol. The maximum Gasteiger partial charge on any atom is 0.130 e. The molecule has 1 aromatic carbocycles. The van der Waals surface area contributed by atoms with Crippen LogP contribution < -0.4 is 0 Å². The fourth-order valence-corrected chi connectivity index (χ4v) is 3.02. The highest BCUT2D eigenvalue weighted by molar-refractivity contribution is 9.10. The van der Waals surface area contributed by atoms with E-state index in [0.717, 1.165) is 23.1 Å². The first kappa shape index (κ1) is 14.6. The first-order chi connectivity index (χ1) is 8.96. The smallest absolute Gasteiger partial charge is 0.130 e. The zero-order valence-corrected chi connectivity index (χ0v) is 13.2. The minimum atomic E-state index is -1.16. The van der Waals surface area contributed by atoms with Gasteiger partial charge in [-0.05, 0) is 31.5 Å². The molecule has 0 amide bonds. The van der Waals surface area contributed by atoms with Crippen molar-refractivity contribution in [1.29, 1.82) is 0 Å². The highest BCUT2D eigenvalue weighted by atomic mass is 79.9. The largest absolute Gasteiger partial charge is 0.379 e. The quantitative estimate of drug-likeness (QED) is 0.912. The van der Waals surface area contributed by atoms with E-state index in [1.165, 1.54) is 0 Å². The van der Waals surface area contributed by atoms with Gasteiger partial charge in [0, 0.05) is 27.8 Å². The average molecular weight is 344 g/mol. The molecule has 3 nitrogen and oxygen atoms in total. The van der Waals surface area contributed by atoms with Crippen molar-refractivity contribution in [2.45, 2.75) is 32.4 Å². The summed E-state index contributed by atoms with van der Waals surface area (Å²) in [6, 6.07) is 7.31. The molecule has 0 spiro atoms. The predicted octanol–water partition coefficient (Wildman–Crippen LogP) is 3.96. The molecule has 2 rings (SSSR count). The summed E-state index contributed by atoms with van der Waals surface area (Å²) in [5.41, 5.74) is 0.262. The lowest BCUT2D eigenvalue weighted by molar-refractivity contribution is 0.0915. The van der Waals surface area contributed by atoms with Gasteiger partial charge >= 0.3 is 0 Å². The van der Waals surface area contributed by atoms with E-state index in [2.05, 4.69) is 28.0 Å². The Morgan fingerprint density at radius 1 is 1.42 bits per heavy atom. The van der Waals surface area contributed by atoms with Crippen LogP contribution in [0.3, 0.4) is 0 Å². The molecule has 1 N–H and O–H groups in total. The second kappa shape index (κ2) is 5.65. The van der Waals surface area contributed by atoms with Crippen molar-refractivity contribution in [1.82, 2.24) is 9.78 Å². The van der Waals surface area contributed by atoms with Crippen LogP contribution in [0.5, 0.6) is 0 Å². The number of hydrogen-bond acceptors (Lipinski definition) is 2. The molecule has 5 heteroatoms. The molecule has 0 aliphatic rings. The van der Waals surface area contributed by atoms with E-state index in [1.807, 2.05) is 22.9 Å². The standard InChI is InChI=1S/C14H16BrClN2O/c1-3-8-18-13(6-7-17-18)14(2,19)11-5-4-10(15)9-12(11)16/h4-7,9,19H,3,8H2,1-2H3. The molecule has 1 unspecified atom stereocenters. The van der Waals surface area contributed by atoms with Gasteiger partial charge in [0.1, 0.15) is 5.60 Å². The second-order valence-electron chi connectivity index (χ2n) is 4.64. The summed E-state index contributed by atoms with van der Waals surface area (Å²) in [7, 11) is 0. The second-order valence-corrected chi connectivity index (χ2v) is 5.96. The van der Waals surface area contributed by atoms with Crippen molar-refractivity contribution in [3.8, 4) is 0 Å². The highest BCUT2D eigenvalue weighted by Gasteiger charge is 2.31. The SMILES string of the molecule is CCCn1nccc1C(C)(O)c1ccc(Br)cc1Cl. The lowest BCUT2D eigenvalue weighted by Crippen LogP contribution is -2.27. The Hall–Kier alpha value is -0.840. The van der Waals surface area contributed by atoms with E-state index < -0.39 is 5.60 Å². The zero-order valence-electron chi connectivity index (χ0n) is 10.9. The van der Waals surface area contributed by atoms with Gasteiger partial charge < -0.3 is 5.11 Å². The number of aliphatic hydroxyl groups is 1. The first-order valence-electron chi connectivity index (χ1n) is 6.17. The van der Waals surface area contributed by atoms with Crippen molar-refractivity contribution in [2.75, 3.05) is 0 Å². The van der Waals surface area contributed by atoms with E-state index in [1.54, 1.807) is 19.2 Å². The predicted molar refractivity (Wildman–Crippen MR) is 80.3 cm³/mol. The maximum atomic E-state index is 10.9. The molecule has 1 atom stereocenters. The van der Waals surface area contributed by atoms with Gasteiger partial charge in [0.05, 0.1) is 5.69 Å². The zero-order chi connectivity index (χ0) is 14.0. The van der Waals surface area contributed by atoms with Crippen molar-refractivity contribution in [3.05, 3.63) is 51.2 Å². The summed E-state index contributed by atoms with van der Waals surface area (Å²) in [6.07, 6.45) is 2.66. The van der Waals surface area contributed by atoms with Crippen molar-refractivity contribution in [3.63, 3.8) is 0 Å². The van der Waals surface area contributed by atoms with Gasteiger partial charge in [0.15, 0.2) is 0 Å². The van der Waals surface area contributed by atoms with Crippen LogP contribution in [-0.2, 0) is 12.1 Å². The summed E-state index contributed by atoms with van der Waals surface area (Å²) in [4.78, 5) is 0. The monoisotopic (exact) mass is 342 g/mol. The number of nitrogens with zero attached hydrogens (tertiary/aromatic N) is 2. The molecule has 1 heterocycles. The van der Waals surface area contributed by atoms with Gasteiger partial charge in [-0.15, -0.1) is 0 Å². The molecule has 102 valence electrons. The van der Waals surface area contributed by atoms with Crippen LogP contribution in [0.15, 0.2) is 34.9 Å². The third kappa shape index (κ3) is 2.86. The Balaban J connectivity index is 2.48. The topological polar surface area (TPSA) is 38.0 Å². The van der Waals surface area contributed by atoms with Crippen LogP contribution in [0.2, 0.25) is 5.02 Å². The van der Waals surface area contributed by atoms with Gasteiger partial charge in [-0.2, -0.15) is 5.10 Å². The highest BCUT2D eigenvalue weighted by Crippen LogP contribution is 2.35. The van der Waals surface area contributed by atoms with Crippen LogP contribution in [-0.4, -0.2) is 14.9 Å². The van der Waals surface area contributed by atoms with Gasteiger partial charge in [0.2, 0.25) is 0 Å². The lowest BCUT2D eigenvalue weighted by atomic mass is 9.92. The Morgan fingerprint density at radius 2 is 2.16 bits per heavy atom. The van der Waals surface area contributed by atoms with Crippen molar-refractivity contribution in [2.24, 2.45) is 0 Å². The fraction of sp³-hybridized carbons (Fsp3) is 0.357. The normalized spacial score (nSPS) is 14.4. The molecule has 0 saturated heterocycles. The molecule has 0 aliphatic carbocycles. The molecule has 0 aliphatic heterocycles. The van der Waals surface area contributed by atoms with Gasteiger partial charge in [-0.25, -0.2) is 0 Å². The Kier molecular flexibility index (Phi) is 4.33. The van der Waals surface area contributed by atoms with E-state index in [-0.39, 0.29) is 0 Å². The molecule has 0 radical (unpaired) electrons. The van der Waals surface area contributed by atoms with E-state index in [4.69, 9.17) is 11.6 Å². The van der Waals surface area contributed by atoms with E-state index >= 15 is 0 Å². The van der Waals surface area contributed by atoms with Gasteiger partial charge in [-0.1, -0.05) is 40.5 Å². The van der Waals surface area contributed by atoms with E-state index in [9.17, 15) is 5.11 Å². The number of benzene rings is 1. The molecule has 0 fully saturated rings. The molecule has 0 saturated carbocycles. The summed E-state index contributed by atoms with van der Waals surface area (Å²) in [6.45, 7) is 4.59. The molecule has 1 aromatic heterocycles. The van der Waals surface area contributed by atoms with Crippen LogP contribution in [0.25, 0.3) is 0 Å². The lowest BCUT2D eigenvalue weighted by Gasteiger charge is -2.26. The van der Waals surface area contributed by atoms with Crippen molar-refractivity contribution >= 4 is 27.5 Å². The van der Waals surface area contributed by atoms with Crippen LogP contribution in [0, 0.1) is 0 Å². The van der Waals surface area contributed by atoms with Gasteiger partial charge in [0.25, 0.3) is 0 Å². The van der Waals surface area contributed by atoms with Crippen molar-refractivity contribution < 1.29 is 5.11 Å². The Labute approximate surface area is 126 Å². The number of aryl methyl sites for hydroxylation is 1. The third-order valence-corrected chi connectivity index (χ3v) is 3.91. The van der Waals surface area contributed by atoms with Crippen LogP contribution in [0.4, 0.5) is 0 Å². The minimum absolute atomic E-state index is 0.531. The van der Waals surface area contributed by atoms with Crippen LogP contribution in [0.1, 0.15) is 31.5 Å². The average Bonchev–Trinajstić information content (AvgIpc) is 2.78. The number of rotatable bonds is 4. The van der Waals surface area contributed by atoms with Crippen LogP contribution >= 0.6 is 27.5 Å². The maximum absolute atomic E-state index is 10.9.